The van der Waals surface area contributed by atoms with Crippen LogP contribution in [-0.4, -0.2) is 108 Å². The van der Waals surface area contributed by atoms with Crippen LogP contribution < -0.4 is 14.4 Å². The number of hydrogen-bond acceptors (Lipinski definition) is 11. The summed E-state index contributed by atoms with van der Waals surface area (Å²) in [6, 6.07) is 8.14. The van der Waals surface area contributed by atoms with E-state index in [4.69, 9.17) is 9.47 Å². The van der Waals surface area contributed by atoms with E-state index in [0.717, 1.165) is 39.0 Å². The van der Waals surface area contributed by atoms with E-state index >= 15 is 0 Å². The van der Waals surface area contributed by atoms with Crippen LogP contribution in [0.15, 0.2) is 60.1 Å². The number of carbonyl (C=O) groups is 1. The van der Waals surface area contributed by atoms with Crippen LogP contribution in [0.2, 0.25) is 0 Å². The number of aliphatic hydroxyl groups is 1. The van der Waals surface area contributed by atoms with Gasteiger partial charge in [-0.25, -0.2) is 32.5 Å². The molecular weight excluding hydrogens is 653 g/mol. The second kappa shape index (κ2) is 14.2. The van der Waals surface area contributed by atoms with E-state index in [-0.39, 0.29) is 40.3 Å². The van der Waals surface area contributed by atoms with E-state index < -0.39 is 27.7 Å². The number of amides is 1. The second-order valence-corrected chi connectivity index (χ2v) is 15.2. The summed E-state index contributed by atoms with van der Waals surface area (Å²) in [4.78, 5) is 31.9. The number of likely N-dealkylation sites (tertiary alicyclic amines) is 1. The van der Waals surface area contributed by atoms with Crippen LogP contribution >= 0.6 is 0 Å². The van der Waals surface area contributed by atoms with Crippen LogP contribution in [-0.2, 0) is 14.8 Å². The number of hydrogen-bond donors (Lipinski definition) is 2. The maximum atomic E-state index is 14.3. The molecule has 1 spiro atoms. The first kappa shape index (κ1) is 35.1. The molecule has 2 N–H and O–H groups in total. The van der Waals surface area contributed by atoms with Crippen molar-refractivity contribution in [2.45, 2.75) is 69.4 Å². The molecule has 0 unspecified atom stereocenters. The van der Waals surface area contributed by atoms with Gasteiger partial charge in [0.2, 0.25) is 0 Å². The molecule has 0 aliphatic carbocycles. The Kier molecular flexibility index (Phi) is 10.2. The number of piperidine rings is 1. The van der Waals surface area contributed by atoms with Crippen molar-refractivity contribution < 1.29 is 32.2 Å². The highest BCUT2D eigenvalue weighted by Crippen LogP contribution is 2.45. The SMILES string of the molecule is CCN(C(=O)c1cc(F)ccc1Oc1cncnc1N1CC2(CCN(C[C@@]3(O)CC[C@@H](NS(=O)(=O)c4ccccn4)CO3)CC2)C1)C(C)C. The number of carbonyl (C=O) groups excluding carboxylic acids is 1. The highest BCUT2D eigenvalue weighted by atomic mass is 32.2. The first-order chi connectivity index (χ1) is 23.4. The molecule has 15 heteroatoms. The zero-order valence-corrected chi connectivity index (χ0v) is 28.9. The predicted octanol–water partition coefficient (Wildman–Crippen LogP) is 3.42. The van der Waals surface area contributed by atoms with Crippen molar-refractivity contribution in [3.8, 4) is 11.5 Å². The molecule has 2 aromatic heterocycles. The third kappa shape index (κ3) is 7.86. The van der Waals surface area contributed by atoms with Crippen LogP contribution in [0.4, 0.5) is 10.2 Å². The normalized spacial score (nSPS) is 22.6. The quantitative estimate of drug-likeness (QED) is 0.304. The van der Waals surface area contributed by atoms with E-state index in [1.165, 1.54) is 36.8 Å². The fourth-order valence-corrected chi connectivity index (χ4v) is 8.18. The summed E-state index contributed by atoms with van der Waals surface area (Å²) in [6.45, 7) is 9.70. The zero-order valence-electron chi connectivity index (χ0n) is 28.1. The molecule has 1 aromatic carbocycles. The number of benzene rings is 1. The van der Waals surface area contributed by atoms with Gasteiger partial charge in [0.05, 0.1) is 24.9 Å². The van der Waals surface area contributed by atoms with Gasteiger partial charge < -0.3 is 24.4 Å². The van der Waals surface area contributed by atoms with Gasteiger partial charge in [-0.15, -0.1) is 0 Å². The molecule has 3 fully saturated rings. The maximum Gasteiger partial charge on any atom is 0.258 e. The average molecular weight is 698 g/mol. The summed E-state index contributed by atoms with van der Waals surface area (Å²) in [5, 5.41) is 11.2. The van der Waals surface area contributed by atoms with Crippen LogP contribution in [0, 0.1) is 11.2 Å². The minimum atomic E-state index is -3.77. The van der Waals surface area contributed by atoms with E-state index in [0.29, 0.717) is 37.5 Å². The monoisotopic (exact) mass is 697 g/mol. The number of β-amino-alcohol motifs (C(OH)–C–C–N with tert-alkyl or cyclic N) is 1. The number of halogens is 1. The van der Waals surface area contributed by atoms with Crippen molar-refractivity contribution in [1.29, 1.82) is 0 Å². The van der Waals surface area contributed by atoms with E-state index in [9.17, 15) is 22.7 Å². The van der Waals surface area contributed by atoms with Gasteiger partial charge >= 0.3 is 0 Å². The van der Waals surface area contributed by atoms with Crippen LogP contribution in [0.25, 0.3) is 0 Å². The molecule has 3 aromatic rings. The fourth-order valence-electron chi connectivity index (χ4n) is 6.97. The van der Waals surface area contributed by atoms with Crippen molar-refractivity contribution >= 4 is 21.7 Å². The molecule has 0 radical (unpaired) electrons. The molecule has 264 valence electrons. The summed E-state index contributed by atoms with van der Waals surface area (Å²) >= 11 is 0. The van der Waals surface area contributed by atoms with Crippen molar-refractivity contribution in [3.05, 3.63) is 66.5 Å². The van der Waals surface area contributed by atoms with Gasteiger partial charge in [0.1, 0.15) is 17.9 Å². The lowest BCUT2D eigenvalue weighted by molar-refractivity contribution is -0.239. The van der Waals surface area contributed by atoms with Crippen molar-refractivity contribution in [2.24, 2.45) is 5.41 Å². The Labute approximate surface area is 286 Å². The van der Waals surface area contributed by atoms with E-state index in [2.05, 4.69) is 29.5 Å². The number of nitrogens with zero attached hydrogens (tertiary/aromatic N) is 6. The Bertz CT molecular complexity index is 1720. The Morgan fingerprint density at radius 1 is 1.16 bits per heavy atom. The molecular formula is C34H44FN7O6S. The topological polar surface area (TPSA) is 150 Å². The molecule has 3 aliphatic heterocycles. The van der Waals surface area contributed by atoms with Gasteiger partial charge in [-0.3, -0.25) is 9.69 Å². The predicted molar refractivity (Wildman–Crippen MR) is 179 cm³/mol. The number of nitrogens with one attached hydrogen (secondary N) is 1. The maximum absolute atomic E-state index is 14.3. The number of ether oxygens (including phenoxy) is 2. The lowest BCUT2D eigenvalue weighted by atomic mass is 9.72. The van der Waals surface area contributed by atoms with Gasteiger partial charge in [0.15, 0.2) is 22.4 Å². The van der Waals surface area contributed by atoms with Gasteiger partial charge in [0.25, 0.3) is 15.9 Å². The Morgan fingerprint density at radius 2 is 1.94 bits per heavy atom. The Balaban J connectivity index is 1.02. The smallest absolute Gasteiger partial charge is 0.258 e. The summed E-state index contributed by atoms with van der Waals surface area (Å²) in [7, 11) is -3.77. The fraction of sp³-hybridized carbons (Fsp3) is 0.529. The van der Waals surface area contributed by atoms with Crippen LogP contribution in [0.3, 0.4) is 0 Å². The van der Waals surface area contributed by atoms with Crippen molar-refractivity contribution in [1.82, 2.24) is 29.5 Å². The molecule has 2 atom stereocenters. The van der Waals surface area contributed by atoms with E-state index in [1.54, 1.807) is 23.2 Å². The number of pyridine rings is 1. The largest absolute Gasteiger partial charge is 0.451 e. The molecule has 3 saturated heterocycles. The van der Waals surface area contributed by atoms with Crippen molar-refractivity contribution in [2.75, 3.05) is 50.8 Å². The number of anilines is 1. The molecule has 49 heavy (non-hydrogen) atoms. The molecule has 1 amide bonds. The summed E-state index contributed by atoms with van der Waals surface area (Å²) < 4.78 is 54.3. The lowest BCUT2D eigenvalue weighted by Crippen LogP contribution is -2.62. The van der Waals surface area contributed by atoms with Crippen LogP contribution in [0.5, 0.6) is 11.5 Å². The molecule has 13 nitrogen and oxygen atoms in total. The molecule has 0 bridgehead atoms. The Morgan fingerprint density at radius 3 is 2.59 bits per heavy atom. The summed E-state index contributed by atoms with van der Waals surface area (Å²) in [5.74, 6) is -0.939. The Hall–Kier alpha value is -3.76. The highest BCUT2D eigenvalue weighted by Gasteiger charge is 2.47. The molecule has 6 rings (SSSR count). The first-order valence-electron chi connectivity index (χ1n) is 16.7. The van der Waals surface area contributed by atoms with Gasteiger partial charge in [0, 0.05) is 49.8 Å². The summed E-state index contributed by atoms with van der Waals surface area (Å²) in [5.41, 5.74) is 0.224. The second-order valence-electron chi connectivity index (χ2n) is 13.6. The third-order valence-electron chi connectivity index (χ3n) is 9.69. The summed E-state index contributed by atoms with van der Waals surface area (Å²) in [6.07, 6.45) is 7.05. The average Bonchev–Trinajstić information content (AvgIpc) is 3.07. The minimum Gasteiger partial charge on any atom is -0.451 e. The van der Waals surface area contributed by atoms with E-state index in [1.807, 2.05) is 20.8 Å². The lowest BCUT2D eigenvalue weighted by Gasteiger charge is -2.55. The van der Waals surface area contributed by atoms with Crippen molar-refractivity contribution in [3.63, 3.8) is 0 Å². The minimum absolute atomic E-state index is 0.0461. The number of rotatable bonds is 11. The molecule has 0 saturated carbocycles. The molecule has 3 aliphatic rings. The number of sulfonamides is 1. The standard InChI is InChI=1S/C34H44FN7O6S/c1-4-42(24(2)3)32(43)27-17-25(35)8-9-28(27)48-29-18-36-23-38-31(29)41-20-33(21-41)12-15-40(16-13-33)22-34(44)11-10-26(19-47-34)39-49(45,46)30-7-5-6-14-37-30/h5-9,14,17-18,23-24,26,39,44H,4,10-13,15-16,19-22H2,1-3H3/t26-,34-/m1/s1. The highest BCUT2D eigenvalue weighted by molar-refractivity contribution is 7.89. The third-order valence-corrected chi connectivity index (χ3v) is 11.1. The zero-order chi connectivity index (χ0) is 34.8. The number of aromatic nitrogens is 3. The van der Waals surface area contributed by atoms with Gasteiger partial charge in [-0.05, 0) is 83.5 Å². The molecule has 5 heterocycles. The van der Waals surface area contributed by atoms with Gasteiger partial charge in [-0.1, -0.05) is 6.07 Å². The first-order valence-corrected chi connectivity index (χ1v) is 18.2. The van der Waals surface area contributed by atoms with Gasteiger partial charge in [-0.2, -0.15) is 0 Å². The van der Waals surface area contributed by atoms with Crippen LogP contribution in [0.1, 0.15) is 56.8 Å².